The van der Waals surface area contributed by atoms with Gasteiger partial charge in [-0.15, -0.1) is 5.10 Å². The van der Waals surface area contributed by atoms with E-state index in [1.165, 1.54) is 6.20 Å². The molecule has 10 heavy (non-hydrogen) atoms. The van der Waals surface area contributed by atoms with Crippen molar-refractivity contribution < 1.29 is 0 Å². The first-order chi connectivity index (χ1) is 4.97. The second kappa shape index (κ2) is 1.98. The number of aromatic nitrogens is 4. The minimum Gasteiger partial charge on any atom is -0.158 e. The average Bonchev–Trinajstić information content (AvgIpc) is 2.05. The van der Waals surface area contributed by atoms with E-state index in [2.05, 4.69) is 26.5 Å². The Morgan fingerprint density at radius 2 is 2.00 bits per heavy atom. The van der Waals surface area contributed by atoms with E-state index in [9.17, 15) is 0 Å². The summed E-state index contributed by atoms with van der Waals surface area (Å²) in [5.41, 5.74) is 0.720. The summed E-state index contributed by atoms with van der Waals surface area (Å²) in [4.78, 5) is 0. The molecule has 0 N–H and O–H groups in total. The van der Waals surface area contributed by atoms with Crippen molar-refractivity contribution in [3.8, 4) is 0 Å². The first-order valence-electron chi connectivity index (χ1n) is 2.76. The van der Waals surface area contributed by atoms with Crippen LogP contribution < -0.4 is 0 Å². The highest BCUT2D eigenvalue weighted by Gasteiger charge is 1.90. The van der Waals surface area contributed by atoms with E-state index >= 15 is 0 Å². The highest BCUT2D eigenvalue weighted by molar-refractivity contribution is 5.74. The van der Waals surface area contributed by atoms with Gasteiger partial charge in [0.25, 0.3) is 0 Å². The predicted octanol–water partition coefficient (Wildman–Crippen LogP) is 0.220. The molecule has 0 unspecified atom stereocenters. The Bertz CT molecular complexity index is 281. The first kappa shape index (κ1) is 5.22. The minimum atomic E-state index is 0.720. The standard InChI is InChI=1S/C6H3N4/c1-2-7-10-6-4-9-8-3-5(1)6/h2-4H. The molecular formula is C6H3N4. The zero-order valence-corrected chi connectivity index (χ0v) is 5.02. The summed E-state index contributed by atoms with van der Waals surface area (Å²) < 4.78 is 0. The van der Waals surface area contributed by atoms with Crippen molar-refractivity contribution in [3.63, 3.8) is 0 Å². The summed E-state index contributed by atoms with van der Waals surface area (Å²) in [7, 11) is 0. The van der Waals surface area contributed by atoms with E-state index in [0.29, 0.717) is 0 Å². The molecule has 0 atom stereocenters. The van der Waals surface area contributed by atoms with Crippen LogP contribution in [-0.4, -0.2) is 20.4 Å². The summed E-state index contributed by atoms with van der Waals surface area (Å²) >= 11 is 0. The fourth-order valence-corrected chi connectivity index (χ4v) is 0.695. The second-order valence-corrected chi connectivity index (χ2v) is 1.78. The van der Waals surface area contributed by atoms with Crippen LogP contribution in [0.1, 0.15) is 0 Å². The highest BCUT2D eigenvalue weighted by Crippen LogP contribution is 2.02. The number of hydrogen-bond donors (Lipinski definition) is 0. The van der Waals surface area contributed by atoms with Gasteiger partial charge < -0.3 is 0 Å². The van der Waals surface area contributed by atoms with Gasteiger partial charge in [0, 0.05) is 11.5 Å². The zero-order valence-electron chi connectivity index (χ0n) is 5.02. The van der Waals surface area contributed by atoms with Crippen LogP contribution >= 0.6 is 0 Å². The third-order valence-corrected chi connectivity index (χ3v) is 1.15. The number of rotatable bonds is 0. The fourth-order valence-electron chi connectivity index (χ4n) is 0.695. The van der Waals surface area contributed by atoms with Gasteiger partial charge in [-0.1, -0.05) is 0 Å². The van der Waals surface area contributed by atoms with Gasteiger partial charge in [-0.05, 0) is 0 Å². The predicted molar refractivity (Wildman–Crippen MR) is 34.0 cm³/mol. The van der Waals surface area contributed by atoms with Gasteiger partial charge in [-0.25, -0.2) is 0 Å². The normalized spacial score (nSPS) is 10.0. The van der Waals surface area contributed by atoms with Crippen LogP contribution in [0.25, 0.3) is 10.9 Å². The van der Waals surface area contributed by atoms with E-state index in [1.807, 2.05) is 0 Å². The van der Waals surface area contributed by atoms with Crippen molar-refractivity contribution in [2.24, 2.45) is 0 Å². The van der Waals surface area contributed by atoms with Crippen LogP contribution in [-0.2, 0) is 0 Å². The average molecular weight is 131 g/mol. The van der Waals surface area contributed by atoms with Gasteiger partial charge in [0.05, 0.1) is 18.6 Å². The summed E-state index contributed by atoms with van der Waals surface area (Å²) in [6.07, 6.45) is 4.66. The molecule has 0 aliphatic heterocycles. The van der Waals surface area contributed by atoms with Crippen LogP contribution in [0.2, 0.25) is 0 Å². The summed E-state index contributed by atoms with van der Waals surface area (Å²) in [5.74, 6) is 0. The topological polar surface area (TPSA) is 51.6 Å². The first-order valence-corrected chi connectivity index (χ1v) is 2.76. The minimum absolute atomic E-state index is 0.720. The van der Waals surface area contributed by atoms with E-state index in [1.54, 1.807) is 12.4 Å². The van der Waals surface area contributed by atoms with E-state index in [4.69, 9.17) is 0 Å². The van der Waals surface area contributed by atoms with Crippen LogP contribution in [0.3, 0.4) is 0 Å². The van der Waals surface area contributed by atoms with Gasteiger partial charge in [0.1, 0.15) is 5.52 Å². The lowest BCUT2D eigenvalue weighted by Crippen LogP contribution is -1.85. The maximum atomic E-state index is 3.80. The summed E-state index contributed by atoms with van der Waals surface area (Å²) in [5, 5.41) is 15.6. The van der Waals surface area contributed by atoms with Crippen molar-refractivity contribution in [2.75, 3.05) is 0 Å². The molecule has 0 amide bonds. The lowest BCUT2D eigenvalue weighted by molar-refractivity contribution is 1.01. The SMILES string of the molecule is [c]1cnnc2cnncc12. The molecule has 0 aromatic carbocycles. The van der Waals surface area contributed by atoms with Gasteiger partial charge in [0.2, 0.25) is 0 Å². The molecule has 4 nitrogen and oxygen atoms in total. The van der Waals surface area contributed by atoms with Crippen molar-refractivity contribution in [1.82, 2.24) is 20.4 Å². The lowest BCUT2D eigenvalue weighted by atomic mass is 10.3. The molecule has 47 valence electrons. The van der Waals surface area contributed by atoms with Gasteiger partial charge in [-0.3, -0.25) is 0 Å². The fraction of sp³-hybridized carbons (Fsp3) is 0. The molecule has 0 aliphatic rings. The van der Waals surface area contributed by atoms with Crippen molar-refractivity contribution in [2.45, 2.75) is 0 Å². The van der Waals surface area contributed by atoms with Gasteiger partial charge in [0.15, 0.2) is 0 Å². The summed E-state index contributed by atoms with van der Waals surface area (Å²) in [6.45, 7) is 0. The van der Waals surface area contributed by atoms with Crippen LogP contribution in [0.5, 0.6) is 0 Å². The molecule has 0 bridgehead atoms. The molecule has 0 spiro atoms. The lowest BCUT2D eigenvalue weighted by Gasteiger charge is -1.88. The molecule has 0 fully saturated rings. The molecule has 0 saturated heterocycles. The Balaban J connectivity index is 2.89. The molecule has 1 radical (unpaired) electrons. The number of hydrogen-bond acceptors (Lipinski definition) is 4. The molecule has 2 heterocycles. The van der Waals surface area contributed by atoms with Crippen molar-refractivity contribution in [1.29, 1.82) is 0 Å². The number of nitrogens with zero attached hydrogens (tertiary/aromatic N) is 4. The second-order valence-electron chi connectivity index (χ2n) is 1.78. The van der Waals surface area contributed by atoms with E-state index in [-0.39, 0.29) is 0 Å². The Labute approximate surface area is 56.9 Å². The molecular weight excluding hydrogens is 128 g/mol. The zero-order chi connectivity index (χ0) is 6.81. The van der Waals surface area contributed by atoms with Gasteiger partial charge >= 0.3 is 0 Å². The molecule has 4 heteroatoms. The van der Waals surface area contributed by atoms with E-state index in [0.717, 1.165) is 10.9 Å². The number of fused-ring (bicyclic) bond motifs is 1. The van der Waals surface area contributed by atoms with E-state index < -0.39 is 0 Å². The maximum absolute atomic E-state index is 3.80. The molecule has 0 saturated carbocycles. The summed E-state index contributed by atoms with van der Waals surface area (Å²) in [6, 6.07) is 2.87. The largest absolute Gasteiger partial charge is 0.158 e. The molecule has 2 aromatic rings. The Hall–Kier alpha value is -1.58. The molecule has 2 aromatic heterocycles. The van der Waals surface area contributed by atoms with Crippen molar-refractivity contribution in [3.05, 3.63) is 24.7 Å². The van der Waals surface area contributed by atoms with Crippen LogP contribution in [0.15, 0.2) is 18.6 Å². The smallest absolute Gasteiger partial charge is 0.115 e. The molecule has 0 aliphatic carbocycles. The van der Waals surface area contributed by atoms with Crippen molar-refractivity contribution >= 4 is 10.9 Å². The third kappa shape index (κ3) is 0.699. The Morgan fingerprint density at radius 1 is 1.10 bits per heavy atom. The quantitative estimate of drug-likeness (QED) is 0.513. The van der Waals surface area contributed by atoms with Gasteiger partial charge in [-0.2, -0.15) is 15.3 Å². The Morgan fingerprint density at radius 3 is 2.90 bits per heavy atom. The highest BCUT2D eigenvalue weighted by atomic mass is 15.1. The monoisotopic (exact) mass is 131 g/mol. The third-order valence-electron chi connectivity index (χ3n) is 1.15. The van der Waals surface area contributed by atoms with Crippen LogP contribution in [0.4, 0.5) is 0 Å². The maximum Gasteiger partial charge on any atom is 0.115 e. The molecule has 2 rings (SSSR count). The van der Waals surface area contributed by atoms with Crippen LogP contribution in [0, 0.1) is 6.07 Å². The Kier molecular flexibility index (Phi) is 1.04.